The van der Waals surface area contributed by atoms with Gasteiger partial charge in [-0.15, -0.1) is 0 Å². The van der Waals surface area contributed by atoms with Crippen LogP contribution in [0.2, 0.25) is 0 Å². The van der Waals surface area contributed by atoms with Gasteiger partial charge in [-0.3, -0.25) is 0 Å². The highest BCUT2D eigenvalue weighted by atomic mass is 19.1. The van der Waals surface area contributed by atoms with Crippen molar-refractivity contribution in [3.8, 4) is 0 Å². The first kappa shape index (κ1) is 16.9. The zero-order valence-corrected chi connectivity index (χ0v) is 12.1. The van der Waals surface area contributed by atoms with Crippen molar-refractivity contribution in [2.24, 2.45) is 0 Å². The summed E-state index contributed by atoms with van der Waals surface area (Å²) in [6.45, 7) is 5.25. The lowest BCUT2D eigenvalue weighted by atomic mass is 10.1. The Morgan fingerprint density at radius 1 is 1.38 bits per heavy atom. The molecule has 0 fully saturated rings. The number of ether oxygens (including phenoxy) is 1. The summed E-state index contributed by atoms with van der Waals surface area (Å²) in [5.74, 6) is -2.09. The van der Waals surface area contributed by atoms with Crippen molar-refractivity contribution in [1.82, 2.24) is 4.90 Å². The van der Waals surface area contributed by atoms with Gasteiger partial charge in [0.15, 0.2) is 0 Å². The quantitative estimate of drug-likeness (QED) is 0.758. The number of hydrogen-bond donors (Lipinski definition) is 2. The second-order valence-electron chi connectivity index (χ2n) is 4.17. The van der Waals surface area contributed by atoms with Crippen LogP contribution in [-0.4, -0.2) is 48.3 Å². The molecule has 2 amide bonds. The number of urea groups is 1. The number of carbonyl (C=O) groups is 2. The molecule has 0 aliphatic carbocycles. The molecular formula is C14H19FN2O4. The van der Waals surface area contributed by atoms with Crippen molar-refractivity contribution in [2.75, 3.05) is 31.6 Å². The number of nitrogens with zero attached hydrogens (tertiary/aromatic N) is 1. The number of amides is 2. The molecule has 1 aromatic rings. The number of rotatable bonds is 7. The van der Waals surface area contributed by atoms with Crippen LogP contribution < -0.4 is 5.32 Å². The summed E-state index contributed by atoms with van der Waals surface area (Å²) >= 11 is 0. The van der Waals surface area contributed by atoms with Crippen LogP contribution in [0.25, 0.3) is 0 Å². The van der Waals surface area contributed by atoms with Crippen LogP contribution in [0, 0.1) is 5.82 Å². The second kappa shape index (κ2) is 8.21. The monoisotopic (exact) mass is 298 g/mol. The summed E-state index contributed by atoms with van der Waals surface area (Å²) in [5, 5.41) is 11.3. The molecule has 0 unspecified atom stereocenters. The van der Waals surface area contributed by atoms with E-state index in [4.69, 9.17) is 9.84 Å². The minimum atomic E-state index is -1.30. The maximum absolute atomic E-state index is 13.7. The topological polar surface area (TPSA) is 78.9 Å². The standard InChI is InChI=1S/C14H19FN2O4/c1-3-17(8-9-21-4-2)14(20)16-12-10(13(18)19)6-5-7-11(12)15/h5-7H,3-4,8-9H2,1-2H3,(H,16,20)(H,18,19). The van der Waals surface area contributed by atoms with Gasteiger partial charge in [-0.1, -0.05) is 6.07 Å². The fourth-order valence-electron chi connectivity index (χ4n) is 1.74. The number of likely N-dealkylation sites (N-methyl/N-ethyl adjacent to an activating group) is 1. The highest BCUT2D eigenvalue weighted by Gasteiger charge is 2.19. The minimum Gasteiger partial charge on any atom is -0.478 e. The van der Waals surface area contributed by atoms with E-state index in [2.05, 4.69) is 5.32 Å². The number of carbonyl (C=O) groups excluding carboxylic acids is 1. The third-order valence-electron chi connectivity index (χ3n) is 2.85. The SMILES string of the molecule is CCOCCN(CC)C(=O)Nc1c(F)cccc1C(=O)O. The lowest BCUT2D eigenvalue weighted by molar-refractivity contribution is 0.0697. The highest BCUT2D eigenvalue weighted by molar-refractivity contribution is 6.00. The van der Waals surface area contributed by atoms with Gasteiger partial charge in [0.1, 0.15) is 5.82 Å². The number of anilines is 1. The lowest BCUT2D eigenvalue weighted by Crippen LogP contribution is -2.37. The van der Waals surface area contributed by atoms with Crippen LogP contribution in [-0.2, 0) is 4.74 Å². The summed E-state index contributed by atoms with van der Waals surface area (Å²) in [6.07, 6.45) is 0. The lowest BCUT2D eigenvalue weighted by Gasteiger charge is -2.21. The first-order chi connectivity index (χ1) is 10.0. The second-order valence-corrected chi connectivity index (χ2v) is 4.17. The Kier molecular flexibility index (Phi) is 6.61. The molecule has 0 radical (unpaired) electrons. The number of halogens is 1. The van der Waals surface area contributed by atoms with E-state index < -0.39 is 17.8 Å². The van der Waals surface area contributed by atoms with Crippen LogP contribution in [0.3, 0.4) is 0 Å². The molecule has 21 heavy (non-hydrogen) atoms. The molecule has 0 heterocycles. The Balaban J connectivity index is 2.84. The Bertz CT molecular complexity index is 508. The summed E-state index contributed by atoms with van der Waals surface area (Å²) in [5.41, 5.74) is -0.617. The Morgan fingerprint density at radius 3 is 2.67 bits per heavy atom. The van der Waals surface area contributed by atoms with E-state index in [1.54, 1.807) is 6.92 Å². The summed E-state index contributed by atoms with van der Waals surface area (Å²) in [7, 11) is 0. The van der Waals surface area contributed by atoms with Crippen molar-refractivity contribution in [3.05, 3.63) is 29.6 Å². The molecular weight excluding hydrogens is 279 g/mol. The zero-order chi connectivity index (χ0) is 15.8. The van der Waals surface area contributed by atoms with E-state index in [0.29, 0.717) is 26.3 Å². The summed E-state index contributed by atoms with van der Waals surface area (Å²) in [4.78, 5) is 24.5. The number of nitrogens with one attached hydrogen (secondary N) is 1. The van der Waals surface area contributed by atoms with Gasteiger partial charge in [0.25, 0.3) is 0 Å². The van der Waals surface area contributed by atoms with Crippen molar-refractivity contribution < 1.29 is 23.8 Å². The molecule has 6 nitrogen and oxygen atoms in total. The zero-order valence-electron chi connectivity index (χ0n) is 12.1. The minimum absolute atomic E-state index is 0.288. The molecule has 0 aliphatic heterocycles. The van der Waals surface area contributed by atoms with Crippen molar-refractivity contribution in [3.63, 3.8) is 0 Å². The Labute approximate surface area is 122 Å². The molecule has 0 bridgehead atoms. The van der Waals surface area contributed by atoms with Gasteiger partial charge >= 0.3 is 12.0 Å². The molecule has 2 N–H and O–H groups in total. The highest BCUT2D eigenvalue weighted by Crippen LogP contribution is 2.20. The summed E-state index contributed by atoms with van der Waals surface area (Å²) in [6, 6.07) is 3.04. The van der Waals surface area contributed by atoms with Crippen molar-refractivity contribution in [1.29, 1.82) is 0 Å². The predicted molar refractivity (Wildman–Crippen MR) is 76.1 cm³/mol. The summed E-state index contributed by atoms with van der Waals surface area (Å²) < 4.78 is 18.9. The van der Waals surface area contributed by atoms with Crippen LogP contribution >= 0.6 is 0 Å². The van der Waals surface area contributed by atoms with E-state index in [-0.39, 0.29) is 11.3 Å². The largest absolute Gasteiger partial charge is 0.478 e. The van der Waals surface area contributed by atoms with E-state index in [9.17, 15) is 14.0 Å². The molecule has 0 atom stereocenters. The van der Waals surface area contributed by atoms with Crippen molar-refractivity contribution >= 4 is 17.7 Å². The van der Waals surface area contributed by atoms with Crippen molar-refractivity contribution in [2.45, 2.75) is 13.8 Å². The number of benzene rings is 1. The first-order valence-corrected chi connectivity index (χ1v) is 6.66. The van der Waals surface area contributed by atoms with E-state index >= 15 is 0 Å². The normalized spacial score (nSPS) is 10.2. The first-order valence-electron chi connectivity index (χ1n) is 6.66. The molecule has 0 spiro atoms. The number of aromatic carboxylic acids is 1. The number of carboxylic acids is 1. The number of carboxylic acid groups (broad SMARTS) is 1. The van der Waals surface area contributed by atoms with E-state index in [0.717, 1.165) is 6.07 Å². The average molecular weight is 298 g/mol. The van der Waals surface area contributed by atoms with Gasteiger partial charge in [-0.2, -0.15) is 0 Å². The van der Waals surface area contributed by atoms with Gasteiger partial charge < -0.3 is 20.1 Å². The Morgan fingerprint density at radius 2 is 2.10 bits per heavy atom. The Hall–Kier alpha value is -2.15. The van der Waals surface area contributed by atoms with Crippen LogP contribution in [0.15, 0.2) is 18.2 Å². The molecule has 0 aromatic heterocycles. The van der Waals surface area contributed by atoms with E-state index in [1.165, 1.54) is 17.0 Å². The number of para-hydroxylation sites is 1. The van der Waals surface area contributed by atoms with Crippen LogP contribution in [0.4, 0.5) is 14.9 Å². The maximum Gasteiger partial charge on any atom is 0.337 e. The fourth-order valence-corrected chi connectivity index (χ4v) is 1.74. The molecule has 0 saturated carbocycles. The third-order valence-corrected chi connectivity index (χ3v) is 2.85. The molecule has 0 saturated heterocycles. The number of hydrogen-bond acceptors (Lipinski definition) is 3. The van der Waals surface area contributed by atoms with Crippen LogP contribution in [0.5, 0.6) is 0 Å². The smallest absolute Gasteiger partial charge is 0.337 e. The molecule has 7 heteroatoms. The maximum atomic E-state index is 13.7. The molecule has 1 rings (SSSR count). The average Bonchev–Trinajstić information content (AvgIpc) is 2.45. The van der Waals surface area contributed by atoms with Gasteiger partial charge in [0.2, 0.25) is 0 Å². The van der Waals surface area contributed by atoms with Crippen LogP contribution in [0.1, 0.15) is 24.2 Å². The van der Waals surface area contributed by atoms with Gasteiger partial charge in [-0.25, -0.2) is 14.0 Å². The molecule has 0 aliphatic rings. The van der Waals surface area contributed by atoms with Gasteiger partial charge in [0.05, 0.1) is 17.9 Å². The van der Waals surface area contributed by atoms with Gasteiger partial charge in [0, 0.05) is 19.7 Å². The predicted octanol–water partition coefficient (Wildman–Crippen LogP) is 2.41. The molecule has 116 valence electrons. The molecule has 1 aromatic carbocycles. The van der Waals surface area contributed by atoms with Gasteiger partial charge in [-0.05, 0) is 26.0 Å². The van der Waals surface area contributed by atoms with E-state index in [1.807, 2.05) is 6.92 Å². The third kappa shape index (κ3) is 4.71. The fraction of sp³-hybridized carbons (Fsp3) is 0.429.